The summed E-state index contributed by atoms with van der Waals surface area (Å²) in [5.74, 6) is 0. The predicted molar refractivity (Wildman–Crippen MR) is 82.5 cm³/mol. The molecular formula is C12H17BrClN3O2S. The van der Waals surface area contributed by atoms with Crippen molar-refractivity contribution in [1.29, 1.82) is 0 Å². The second-order valence-electron chi connectivity index (χ2n) is 5.35. The third kappa shape index (κ3) is 2.87. The highest BCUT2D eigenvalue weighted by atomic mass is 79.9. The van der Waals surface area contributed by atoms with E-state index in [0.29, 0.717) is 17.6 Å². The summed E-state index contributed by atoms with van der Waals surface area (Å²) in [6.07, 6.45) is 5.01. The van der Waals surface area contributed by atoms with E-state index in [0.717, 1.165) is 25.9 Å². The Morgan fingerprint density at radius 3 is 2.80 bits per heavy atom. The average molecular weight is 383 g/mol. The van der Waals surface area contributed by atoms with E-state index in [1.807, 2.05) is 0 Å². The fraction of sp³-hybridized carbons (Fsp3) is 0.583. The van der Waals surface area contributed by atoms with Crippen LogP contribution in [0.25, 0.3) is 0 Å². The minimum atomic E-state index is -3.41. The van der Waals surface area contributed by atoms with Gasteiger partial charge < -0.3 is 5.32 Å². The molecule has 8 heteroatoms. The number of hydrogen-bond acceptors (Lipinski definition) is 4. The molecule has 1 unspecified atom stereocenters. The normalized spacial score (nSPS) is 26.9. The van der Waals surface area contributed by atoms with Crippen LogP contribution in [0.5, 0.6) is 0 Å². The maximum Gasteiger partial charge on any atom is 0.244 e. The molecule has 5 nitrogen and oxygen atoms in total. The minimum absolute atomic E-state index is 0. The number of hydrogen-bond donors (Lipinski definition) is 1. The molecule has 1 spiro atoms. The molecule has 2 aliphatic rings. The van der Waals surface area contributed by atoms with E-state index in [1.54, 1.807) is 16.6 Å². The third-order valence-electron chi connectivity index (χ3n) is 4.05. The molecule has 1 aromatic heterocycles. The molecule has 1 N–H and O–H groups in total. The Labute approximate surface area is 133 Å². The Kier molecular flexibility index (Phi) is 4.76. The molecule has 0 bridgehead atoms. The molecule has 3 rings (SSSR count). The van der Waals surface area contributed by atoms with E-state index >= 15 is 0 Å². The van der Waals surface area contributed by atoms with Gasteiger partial charge in [0, 0.05) is 36.5 Å². The summed E-state index contributed by atoms with van der Waals surface area (Å²) in [5, 5.41) is 3.33. The van der Waals surface area contributed by atoms with Crippen LogP contribution in [0.15, 0.2) is 27.8 Å². The van der Waals surface area contributed by atoms with Crippen LogP contribution in [-0.4, -0.2) is 43.9 Å². The summed E-state index contributed by atoms with van der Waals surface area (Å²) < 4.78 is 27.4. The molecule has 20 heavy (non-hydrogen) atoms. The molecule has 0 saturated carbocycles. The van der Waals surface area contributed by atoms with Crippen molar-refractivity contribution < 1.29 is 8.42 Å². The van der Waals surface area contributed by atoms with Crippen LogP contribution >= 0.6 is 28.3 Å². The molecule has 1 atom stereocenters. The summed E-state index contributed by atoms with van der Waals surface area (Å²) >= 11 is 3.27. The summed E-state index contributed by atoms with van der Waals surface area (Å²) in [6.45, 7) is 3.15. The molecule has 0 aromatic carbocycles. The van der Waals surface area contributed by atoms with Gasteiger partial charge in [-0.05, 0) is 46.8 Å². The minimum Gasteiger partial charge on any atom is -0.316 e. The van der Waals surface area contributed by atoms with Crippen LogP contribution in [0.4, 0.5) is 0 Å². The van der Waals surface area contributed by atoms with Gasteiger partial charge >= 0.3 is 0 Å². The second kappa shape index (κ2) is 5.88. The Balaban J connectivity index is 0.00000147. The van der Waals surface area contributed by atoms with Crippen LogP contribution in [0.2, 0.25) is 0 Å². The fourth-order valence-electron chi connectivity index (χ4n) is 2.93. The number of pyridine rings is 1. The van der Waals surface area contributed by atoms with E-state index < -0.39 is 10.0 Å². The smallest absolute Gasteiger partial charge is 0.244 e. The van der Waals surface area contributed by atoms with Gasteiger partial charge in [-0.1, -0.05) is 0 Å². The van der Waals surface area contributed by atoms with Crippen LogP contribution in [0.3, 0.4) is 0 Å². The molecule has 1 aromatic rings. The third-order valence-corrected chi connectivity index (χ3v) is 6.30. The first-order valence-electron chi connectivity index (χ1n) is 6.33. The summed E-state index contributed by atoms with van der Waals surface area (Å²) in [5.41, 5.74) is 0.145. The SMILES string of the molecule is Cl.O=S(=O)(c1cncc(Br)c1)N1CCC2(CCNC2)C1. The molecule has 0 radical (unpaired) electrons. The van der Waals surface area contributed by atoms with Gasteiger partial charge in [0.2, 0.25) is 10.0 Å². The Morgan fingerprint density at radius 1 is 1.35 bits per heavy atom. The van der Waals surface area contributed by atoms with Gasteiger partial charge in [0.15, 0.2) is 0 Å². The molecule has 2 aliphatic heterocycles. The van der Waals surface area contributed by atoms with Crippen molar-refractivity contribution in [2.45, 2.75) is 17.7 Å². The summed E-state index contributed by atoms with van der Waals surface area (Å²) in [4.78, 5) is 4.21. The van der Waals surface area contributed by atoms with E-state index in [4.69, 9.17) is 0 Å². The first kappa shape index (κ1) is 16.2. The lowest BCUT2D eigenvalue weighted by atomic mass is 9.87. The maximum absolute atomic E-state index is 12.6. The molecule has 3 heterocycles. The first-order valence-corrected chi connectivity index (χ1v) is 8.57. The maximum atomic E-state index is 12.6. The van der Waals surface area contributed by atoms with Crippen LogP contribution in [0.1, 0.15) is 12.8 Å². The number of nitrogens with zero attached hydrogens (tertiary/aromatic N) is 2. The number of rotatable bonds is 2. The average Bonchev–Trinajstić information content (AvgIpc) is 3.01. The lowest BCUT2D eigenvalue weighted by Gasteiger charge is -2.22. The zero-order valence-electron chi connectivity index (χ0n) is 10.9. The topological polar surface area (TPSA) is 62.3 Å². The lowest BCUT2D eigenvalue weighted by molar-refractivity contribution is 0.338. The van der Waals surface area contributed by atoms with Crippen molar-refractivity contribution in [3.63, 3.8) is 0 Å². The van der Waals surface area contributed by atoms with E-state index in [2.05, 4.69) is 26.2 Å². The van der Waals surface area contributed by atoms with E-state index in [-0.39, 0.29) is 22.7 Å². The number of halogens is 2. The predicted octanol–water partition coefficient (Wildman–Crippen LogP) is 1.64. The zero-order valence-corrected chi connectivity index (χ0v) is 14.1. The van der Waals surface area contributed by atoms with Crippen molar-refractivity contribution in [2.75, 3.05) is 26.2 Å². The van der Waals surface area contributed by atoms with Crippen LogP contribution in [0, 0.1) is 5.41 Å². The van der Waals surface area contributed by atoms with Gasteiger partial charge in [0.05, 0.1) is 0 Å². The van der Waals surface area contributed by atoms with Crippen LogP contribution in [-0.2, 0) is 10.0 Å². The van der Waals surface area contributed by atoms with Gasteiger partial charge in [-0.15, -0.1) is 12.4 Å². The van der Waals surface area contributed by atoms with Crippen molar-refractivity contribution in [1.82, 2.24) is 14.6 Å². The second-order valence-corrected chi connectivity index (χ2v) is 8.21. The molecular weight excluding hydrogens is 366 g/mol. The van der Waals surface area contributed by atoms with Gasteiger partial charge in [-0.2, -0.15) is 4.31 Å². The zero-order chi connectivity index (χ0) is 13.5. The van der Waals surface area contributed by atoms with E-state index in [1.165, 1.54) is 6.20 Å². The summed E-state index contributed by atoms with van der Waals surface area (Å²) in [7, 11) is -3.41. The first-order chi connectivity index (χ1) is 9.02. The van der Waals surface area contributed by atoms with Crippen molar-refractivity contribution >= 4 is 38.4 Å². The van der Waals surface area contributed by atoms with Gasteiger partial charge in [-0.25, -0.2) is 8.42 Å². The van der Waals surface area contributed by atoms with Crippen molar-refractivity contribution in [3.8, 4) is 0 Å². The highest BCUT2D eigenvalue weighted by Crippen LogP contribution is 2.38. The van der Waals surface area contributed by atoms with Gasteiger partial charge in [0.25, 0.3) is 0 Å². The summed E-state index contributed by atoms with van der Waals surface area (Å²) in [6, 6.07) is 1.61. The molecule has 0 amide bonds. The highest BCUT2D eigenvalue weighted by molar-refractivity contribution is 9.10. The van der Waals surface area contributed by atoms with Gasteiger partial charge in [-0.3, -0.25) is 4.98 Å². The van der Waals surface area contributed by atoms with Gasteiger partial charge in [0.1, 0.15) is 4.90 Å². The fourth-order valence-corrected chi connectivity index (χ4v) is 4.99. The quantitative estimate of drug-likeness (QED) is 0.844. The van der Waals surface area contributed by atoms with Crippen molar-refractivity contribution in [2.24, 2.45) is 5.41 Å². The molecule has 2 fully saturated rings. The van der Waals surface area contributed by atoms with Crippen LogP contribution < -0.4 is 5.32 Å². The molecule has 112 valence electrons. The molecule has 0 aliphatic carbocycles. The Bertz CT molecular complexity index is 590. The highest BCUT2D eigenvalue weighted by Gasteiger charge is 2.44. The Hall–Kier alpha value is -0.210. The number of aromatic nitrogens is 1. The van der Waals surface area contributed by atoms with E-state index in [9.17, 15) is 8.42 Å². The largest absolute Gasteiger partial charge is 0.316 e. The monoisotopic (exact) mass is 381 g/mol. The van der Waals surface area contributed by atoms with Crippen molar-refractivity contribution in [3.05, 3.63) is 22.9 Å². The standard InChI is InChI=1S/C12H16BrN3O2S.ClH/c13-10-5-11(7-15-6-10)19(17,18)16-4-2-12(9-16)1-3-14-8-12;/h5-7,14H,1-4,8-9H2;1H. The lowest BCUT2D eigenvalue weighted by Crippen LogP contribution is -2.33. The number of sulfonamides is 1. The molecule has 2 saturated heterocycles. The Morgan fingerprint density at radius 2 is 2.15 bits per heavy atom. The number of nitrogens with one attached hydrogen (secondary N) is 1.